The Morgan fingerprint density at radius 1 is 0.970 bits per heavy atom. The van der Waals surface area contributed by atoms with Gasteiger partial charge >= 0.3 is 11.9 Å². The lowest BCUT2D eigenvalue weighted by atomic mass is 9.42. The zero-order valence-electron chi connectivity index (χ0n) is 20.5. The lowest BCUT2D eigenvalue weighted by molar-refractivity contribution is -0.170. The number of carboxylic acid groups (broad SMARTS) is 2. The minimum absolute atomic E-state index is 0.0231. The number of carbonyl (C=O) groups is 4. The van der Waals surface area contributed by atoms with Gasteiger partial charge in [0.15, 0.2) is 5.92 Å². The molecule has 184 valence electrons. The Bertz CT molecular complexity index is 836. The van der Waals surface area contributed by atoms with Gasteiger partial charge in [-0.05, 0) is 85.4 Å². The van der Waals surface area contributed by atoms with Crippen molar-refractivity contribution in [2.75, 3.05) is 0 Å². The Morgan fingerprint density at radius 2 is 1.61 bits per heavy atom. The molecule has 6 nitrogen and oxygen atoms in total. The summed E-state index contributed by atoms with van der Waals surface area (Å²) in [6.45, 7) is 8.72. The molecule has 0 saturated heterocycles. The van der Waals surface area contributed by atoms with Crippen LogP contribution in [0.1, 0.15) is 85.5 Å². The van der Waals surface area contributed by atoms with Crippen LogP contribution in [0, 0.1) is 58.2 Å². The van der Waals surface area contributed by atoms with Crippen molar-refractivity contribution in [1.29, 1.82) is 0 Å². The summed E-state index contributed by atoms with van der Waals surface area (Å²) >= 11 is 0. The Kier molecular flexibility index (Phi) is 6.28. The van der Waals surface area contributed by atoms with Gasteiger partial charge in [0.1, 0.15) is 11.6 Å². The van der Waals surface area contributed by atoms with Crippen LogP contribution in [0.5, 0.6) is 0 Å². The van der Waals surface area contributed by atoms with Gasteiger partial charge in [-0.1, -0.05) is 27.7 Å². The number of Topliss-reactive ketones (excluding diaryl/α,β-unsaturated/α-hetero) is 2. The molecule has 33 heavy (non-hydrogen) atoms. The van der Waals surface area contributed by atoms with Gasteiger partial charge in [-0.3, -0.25) is 19.2 Å². The third-order valence-electron chi connectivity index (χ3n) is 10.9. The highest BCUT2D eigenvalue weighted by Gasteiger charge is 2.65. The topological polar surface area (TPSA) is 109 Å². The Labute approximate surface area is 196 Å². The fourth-order valence-electron chi connectivity index (χ4n) is 9.26. The van der Waals surface area contributed by atoms with E-state index in [0.29, 0.717) is 30.3 Å². The van der Waals surface area contributed by atoms with Gasteiger partial charge in [-0.25, -0.2) is 0 Å². The third-order valence-corrected chi connectivity index (χ3v) is 10.9. The molecule has 0 heterocycles. The highest BCUT2D eigenvalue weighted by molar-refractivity contribution is 5.92. The predicted octanol–water partition coefficient (Wildman–Crippen LogP) is 4.84. The van der Waals surface area contributed by atoms with Crippen LogP contribution in [0.2, 0.25) is 0 Å². The fourth-order valence-corrected chi connectivity index (χ4v) is 9.26. The summed E-state index contributed by atoms with van der Waals surface area (Å²) < 4.78 is 0. The minimum Gasteiger partial charge on any atom is -0.481 e. The molecule has 0 aromatic rings. The zero-order valence-corrected chi connectivity index (χ0v) is 20.5. The molecule has 9 atom stereocenters. The van der Waals surface area contributed by atoms with Gasteiger partial charge in [-0.15, -0.1) is 0 Å². The molecule has 2 N–H and O–H groups in total. The molecule has 0 aliphatic heterocycles. The second-order valence-corrected chi connectivity index (χ2v) is 12.2. The number of hydrogen-bond acceptors (Lipinski definition) is 4. The molecule has 4 fully saturated rings. The first-order chi connectivity index (χ1) is 15.5. The number of fused-ring (bicyclic) bond motifs is 5. The molecule has 0 amide bonds. The standard InChI is InChI=1S/C27H40O6/c1-5-16-21-13-15(28)8-10-27(21,4)20-9-11-26(3)18(6-7-19(26)22(20)23(16)29)14(2)12-17(24(30)31)25(32)33/h14,16-22H,5-13H2,1-4H3,(H,30,31)(H,32,33)/t14-,16-,18?,19?,20?,21+,22?,26-,27-/m1/s1. The molecule has 0 spiro atoms. The van der Waals surface area contributed by atoms with Gasteiger partial charge < -0.3 is 10.2 Å². The molecule has 0 radical (unpaired) electrons. The maximum absolute atomic E-state index is 13.9. The second kappa shape index (κ2) is 8.49. The van der Waals surface area contributed by atoms with E-state index in [2.05, 4.69) is 20.8 Å². The van der Waals surface area contributed by atoms with Crippen LogP contribution in [0.3, 0.4) is 0 Å². The summed E-state index contributed by atoms with van der Waals surface area (Å²) in [4.78, 5) is 49.3. The first-order valence-electron chi connectivity index (χ1n) is 13.0. The van der Waals surface area contributed by atoms with Crippen LogP contribution < -0.4 is 0 Å². The van der Waals surface area contributed by atoms with Crippen molar-refractivity contribution in [2.45, 2.75) is 85.5 Å². The fraction of sp³-hybridized carbons (Fsp3) is 0.852. The van der Waals surface area contributed by atoms with Gasteiger partial charge in [0.25, 0.3) is 0 Å². The first kappa shape index (κ1) is 24.4. The van der Waals surface area contributed by atoms with Crippen molar-refractivity contribution in [3.05, 3.63) is 0 Å². The maximum atomic E-state index is 13.9. The number of carboxylic acids is 2. The van der Waals surface area contributed by atoms with Crippen molar-refractivity contribution >= 4 is 23.5 Å². The Hall–Kier alpha value is -1.72. The second-order valence-electron chi connectivity index (χ2n) is 12.2. The molecular formula is C27H40O6. The highest BCUT2D eigenvalue weighted by atomic mass is 16.4. The lowest BCUT2D eigenvalue weighted by Gasteiger charge is -2.61. The Balaban J connectivity index is 1.62. The monoisotopic (exact) mass is 460 g/mol. The van der Waals surface area contributed by atoms with E-state index in [4.69, 9.17) is 0 Å². The summed E-state index contributed by atoms with van der Waals surface area (Å²) in [6, 6.07) is 0. The maximum Gasteiger partial charge on any atom is 0.317 e. The van der Waals surface area contributed by atoms with Crippen LogP contribution in [-0.2, 0) is 19.2 Å². The summed E-state index contributed by atoms with van der Waals surface area (Å²) in [5, 5.41) is 18.8. The van der Waals surface area contributed by atoms with E-state index < -0.39 is 17.9 Å². The van der Waals surface area contributed by atoms with Gasteiger partial charge in [0.05, 0.1) is 0 Å². The van der Waals surface area contributed by atoms with Crippen LogP contribution in [0.25, 0.3) is 0 Å². The number of carbonyl (C=O) groups excluding carboxylic acids is 2. The van der Waals surface area contributed by atoms with Crippen molar-refractivity contribution in [2.24, 2.45) is 58.2 Å². The van der Waals surface area contributed by atoms with E-state index >= 15 is 0 Å². The highest BCUT2D eigenvalue weighted by Crippen LogP contribution is 2.68. The molecule has 4 saturated carbocycles. The quantitative estimate of drug-likeness (QED) is 0.549. The van der Waals surface area contributed by atoms with Crippen LogP contribution in [-0.4, -0.2) is 33.7 Å². The summed E-state index contributed by atoms with van der Waals surface area (Å²) in [5.74, 6) is -2.27. The van der Waals surface area contributed by atoms with E-state index in [0.717, 1.165) is 38.5 Å². The number of rotatable bonds is 6. The van der Waals surface area contributed by atoms with E-state index in [9.17, 15) is 29.4 Å². The SMILES string of the molecule is CC[C@H]1C(=O)C2C3CCC([C@H](C)CC(C(=O)O)C(=O)O)[C@@]3(C)CCC2[C@@]2(C)CCC(=O)C[C@@H]12. The third kappa shape index (κ3) is 3.67. The molecule has 0 bridgehead atoms. The molecule has 4 aliphatic carbocycles. The predicted molar refractivity (Wildman–Crippen MR) is 122 cm³/mol. The van der Waals surface area contributed by atoms with Crippen LogP contribution in [0.4, 0.5) is 0 Å². The molecule has 6 heteroatoms. The van der Waals surface area contributed by atoms with E-state index in [-0.39, 0.29) is 52.8 Å². The molecule has 4 aliphatic rings. The minimum atomic E-state index is -1.38. The molecule has 4 rings (SSSR count). The zero-order chi connectivity index (χ0) is 24.3. The average Bonchev–Trinajstić information content (AvgIpc) is 3.10. The number of aliphatic carboxylic acids is 2. The average molecular weight is 461 g/mol. The summed E-state index contributed by atoms with van der Waals surface area (Å²) in [6.07, 6.45) is 6.87. The van der Waals surface area contributed by atoms with E-state index in [1.807, 2.05) is 6.92 Å². The molecule has 4 unspecified atom stereocenters. The number of hydrogen-bond donors (Lipinski definition) is 2. The van der Waals surface area contributed by atoms with Crippen molar-refractivity contribution in [3.8, 4) is 0 Å². The lowest BCUT2D eigenvalue weighted by Crippen LogP contribution is -2.60. The summed E-state index contributed by atoms with van der Waals surface area (Å²) in [5.41, 5.74) is -0.0281. The van der Waals surface area contributed by atoms with Gasteiger partial charge in [0, 0.05) is 24.7 Å². The van der Waals surface area contributed by atoms with Crippen molar-refractivity contribution in [3.63, 3.8) is 0 Å². The smallest absolute Gasteiger partial charge is 0.317 e. The Morgan fingerprint density at radius 3 is 2.21 bits per heavy atom. The van der Waals surface area contributed by atoms with Crippen LogP contribution >= 0.6 is 0 Å². The molecular weight excluding hydrogens is 420 g/mol. The van der Waals surface area contributed by atoms with E-state index in [1.54, 1.807) is 0 Å². The van der Waals surface area contributed by atoms with E-state index in [1.165, 1.54) is 0 Å². The summed E-state index contributed by atoms with van der Waals surface area (Å²) in [7, 11) is 0. The number of ketones is 2. The molecule has 0 aromatic heterocycles. The van der Waals surface area contributed by atoms with Crippen LogP contribution in [0.15, 0.2) is 0 Å². The van der Waals surface area contributed by atoms with Gasteiger partial charge in [-0.2, -0.15) is 0 Å². The van der Waals surface area contributed by atoms with Gasteiger partial charge in [0.2, 0.25) is 0 Å². The largest absolute Gasteiger partial charge is 0.481 e. The first-order valence-corrected chi connectivity index (χ1v) is 13.0. The molecule has 0 aromatic carbocycles. The van der Waals surface area contributed by atoms with Crippen molar-refractivity contribution < 1.29 is 29.4 Å². The van der Waals surface area contributed by atoms with Crippen molar-refractivity contribution in [1.82, 2.24) is 0 Å². The normalized spacial score (nSPS) is 43.5.